The van der Waals surface area contributed by atoms with Crippen LogP contribution in [0.25, 0.3) is 0 Å². The van der Waals surface area contributed by atoms with Gasteiger partial charge in [0.25, 0.3) is 0 Å². The highest BCUT2D eigenvalue weighted by molar-refractivity contribution is 9.25. The molecular weight excluding hydrogens is 264 g/mol. The van der Waals surface area contributed by atoms with Gasteiger partial charge in [0.05, 0.1) is 12.0 Å². The summed E-state index contributed by atoms with van der Waals surface area (Å²) in [5.41, 5.74) is 10.9. The molecule has 1 aliphatic rings. The van der Waals surface area contributed by atoms with E-state index in [1.54, 1.807) is 0 Å². The molecule has 0 aliphatic carbocycles. The van der Waals surface area contributed by atoms with E-state index in [0.29, 0.717) is 19.7 Å². The normalized spacial score (nSPS) is 27.6. The lowest BCUT2D eigenvalue weighted by molar-refractivity contribution is -0.139. The Morgan fingerprint density at radius 1 is 1.30 bits per heavy atom. The molecule has 1 fully saturated rings. The summed E-state index contributed by atoms with van der Waals surface area (Å²) in [7, 11) is 0. The van der Waals surface area contributed by atoms with Crippen LogP contribution in [0.2, 0.25) is 0 Å². The number of nitrogens with two attached hydrogens (primary N) is 2. The Morgan fingerprint density at radius 2 is 1.80 bits per heavy atom. The molecule has 0 saturated carbocycles. The fourth-order valence-electron chi connectivity index (χ4n) is 0.824. The van der Waals surface area contributed by atoms with Gasteiger partial charge in [0.2, 0.25) is 0 Å². The topological polar surface area (TPSA) is 61.3 Å². The summed E-state index contributed by atoms with van der Waals surface area (Å²) in [5, 5.41) is 0. The highest BCUT2D eigenvalue weighted by atomic mass is 79.9. The van der Waals surface area contributed by atoms with E-state index < -0.39 is 3.42 Å². The average molecular weight is 274 g/mol. The van der Waals surface area contributed by atoms with Gasteiger partial charge in [-0.1, -0.05) is 0 Å². The van der Waals surface area contributed by atoms with Crippen molar-refractivity contribution in [3.63, 3.8) is 0 Å². The molecule has 0 radical (unpaired) electrons. The molecule has 1 aliphatic heterocycles. The first-order valence-corrected chi connectivity index (χ1v) is 4.58. The maximum atomic E-state index is 5.53. The van der Waals surface area contributed by atoms with Gasteiger partial charge in [0.1, 0.15) is 0 Å². The molecule has 0 amide bonds. The quantitative estimate of drug-likeness (QED) is 0.715. The van der Waals surface area contributed by atoms with Crippen molar-refractivity contribution < 1.29 is 4.74 Å². The minimum absolute atomic E-state index is 0.132. The van der Waals surface area contributed by atoms with Gasteiger partial charge in [-0.05, 0) is 31.9 Å². The van der Waals surface area contributed by atoms with E-state index in [1.165, 1.54) is 0 Å². The predicted molar refractivity (Wildman–Crippen MR) is 47.1 cm³/mol. The third-order valence-corrected chi connectivity index (χ3v) is 4.07. The van der Waals surface area contributed by atoms with Crippen LogP contribution in [0.15, 0.2) is 0 Å². The van der Waals surface area contributed by atoms with Crippen molar-refractivity contribution in [2.45, 2.75) is 3.42 Å². The minimum atomic E-state index is -0.490. The summed E-state index contributed by atoms with van der Waals surface area (Å²) >= 11 is 6.69. The van der Waals surface area contributed by atoms with E-state index in [1.807, 2.05) is 0 Å². The summed E-state index contributed by atoms with van der Waals surface area (Å²) in [6.07, 6.45) is 0. The molecule has 3 nitrogen and oxygen atoms in total. The predicted octanol–water partition coefficient (Wildman–Crippen LogP) is 0.364. The molecular formula is C5H10Br2N2O. The summed E-state index contributed by atoms with van der Waals surface area (Å²) < 4.78 is 4.70. The lowest BCUT2D eigenvalue weighted by Gasteiger charge is -2.51. The van der Waals surface area contributed by atoms with Gasteiger partial charge in [-0.3, -0.25) is 0 Å². The summed E-state index contributed by atoms with van der Waals surface area (Å²) in [4.78, 5) is 0. The molecule has 4 N–H and O–H groups in total. The smallest absolute Gasteiger partial charge is 0.187 e. The molecule has 1 saturated heterocycles. The zero-order valence-electron chi connectivity index (χ0n) is 5.44. The van der Waals surface area contributed by atoms with Gasteiger partial charge in [-0.25, -0.2) is 0 Å². The van der Waals surface area contributed by atoms with Crippen LogP contribution in [-0.4, -0.2) is 23.1 Å². The number of rotatable bonds is 2. The van der Waals surface area contributed by atoms with Gasteiger partial charge in [-0.15, -0.1) is 0 Å². The molecule has 0 bridgehead atoms. The van der Waals surface area contributed by atoms with Crippen molar-refractivity contribution in [1.82, 2.24) is 0 Å². The second-order valence-electron chi connectivity index (χ2n) is 2.49. The summed E-state index contributed by atoms with van der Waals surface area (Å²) in [6, 6.07) is 0. The minimum Gasteiger partial charge on any atom is -0.352 e. The van der Waals surface area contributed by atoms with E-state index >= 15 is 0 Å². The molecule has 1 rings (SSSR count). The Labute approximate surface area is 76.7 Å². The van der Waals surface area contributed by atoms with Crippen LogP contribution >= 0.6 is 31.9 Å². The monoisotopic (exact) mass is 272 g/mol. The molecule has 5 heteroatoms. The third-order valence-electron chi connectivity index (χ3n) is 1.93. The fraction of sp³-hybridized carbons (Fsp3) is 1.00. The first-order chi connectivity index (χ1) is 4.58. The first kappa shape index (κ1) is 8.93. The highest BCUT2D eigenvalue weighted by Crippen LogP contribution is 2.52. The third kappa shape index (κ3) is 1.04. The Hall–Kier alpha value is 0.840. The van der Waals surface area contributed by atoms with E-state index in [2.05, 4.69) is 31.9 Å². The van der Waals surface area contributed by atoms with Gasteiger partial charge >= 0.3 is 0 Å². The van der Waals surface area contributed by atoms with E-state index in [0.717, 1.165) is 0 Å². The molecule has 0 atom stereocenters. The van der Waals surface area contributed by atoms with E-state index in [-0.39, 0.29) is 5.41 Å². The second kappa shape index (κ2) is 2.71. The van der Waals surface area contributed by atoms with E-state index in [4.69, 9.17) is 16.2 Å². The number of alkyl halides is 2. The molecule has 0 aromatic heterocycles. The van der Waals surface area contributed by atoms with Gasteiger partial charge < -0.3 is 16.2 Å². The molecule has 0 aromatic carbocycles. The molecule has 10 heavy (non-hydrogen) atoms. The zero-order chi connectivity index (χ0) is 7.83. The van der Waals surface area contributed by atoms with Crippen molar-refractivity contribution in [3.8, 4) is 0 Å². The van der Waals surface area contributed by atoms with Crippen LogP contribution in [0.3, 0.4) is 0 Å². The van der Waals surface area contributed by atoms with Crippen molar-refractivity contribution >= 4 is 31.9 Å². The Bertz CT molecular complexity index is 130. The Balaban J connectivity index is 2.67. The molecule has 60 valence electrons. The van der Waals surface area contributed by atoms with Crippen molar-refractivity contribution in [2.75, 3.05) is 19.7 Å². The van der Waals surface area contributed by atoms with Gasteiger partial charge in [0.15, 0.2) is 3.42 Å². The summed E-state index contributed by atoms with van der Waals surface area (Å²) in [6.45, 7) is 1.68. The SMILES string of the molecule is NCC1(CN)COC1(Br)Br. The van der Waals surface area contributed by atoms with Crippen LogP contribution in [0, 0.1) is 5.41 Å². The van der Waals surface area contributed by atoms with Gasteiger partial charge in [-0.2, -0.15) is 0 Å². The number of hydrogen-bond donors (Lipinski definition) is 2. The van der Waals surface area contributed by atoms with Crippen molar-refractivity contribution in [1.29, 1.82) is 0 Å². The lowest BCUT2D eigenvalue weighted by Crippen LogP contribution is -2.63. The Kier molecular flexibility index (Phi) is 2.42. The lowest BCUT2D eigenvalue weighted by atomic mass is 9.86. The Morgan fingerprint density at radius 3 is 1.80 bits per heavy atom. The molecule has 0 spiro atoms. The van der Waals surface area contributed by atoms with Crippen molar-refractivity contribution in [2.24, 2.45) is 16.9 Å². The highest BCUT2D eigenvalue weighted by Gasteiger charge is 2.56. The van der Waals surface area contributed by atoms with E-state index in [9.17, 15) is 0 Å². The van der Waals surface area contributed by atoms with Crippen LogP contribution in [0.4, 0.5) is 0 Å². The fourth-order valence-corrected chi connectivity index (χ4v) is 1.93. The van der Waals surface area contributed by atoms with Crippen LogP contribution in [0.5, 0.6) is 0 Å². The number of ether oxygens (including phenoxy) is 1. The zero-order valence-corrected chi connectivity index (χ0v) is 8.61. The van der Waals surface area contributed by atoms with Crippen LogP contribution in [0.1, 0.15) is 0 Å². The number of hydrogen-bond acceptors (Lipinski definition) is 3. The first-order valence-electron chi connectivity index (χ1n) is 3.00. The maximum Gasteiger partial charge on any atom is 0.187 e. The summed E-state index contributed by atoms with van der Waals surface area (Å²) in [5.74, 6) is 0. The maximum absolute atomic E-state index is 5.53. The van der Waals surface area contributed by atoms with Crippen LogP contribution in [-0.2, 0) is 4.74 Å². The second-order valence-corrected chi connectivity index (χ2v) is 5.79. The van der Waals surface area contributed by atoms with Gasteiger partial charge in [0, 0.05) is 13.1 Å². The standard InChI is InChI=1S/C5H10Br2N2O/c6-5(7)4(1-8,2-9)3-10-5/h1-3,8-9H2. The molecule has 1 heterocycles. The molecule has 0 aromatic rings. The van der Waals surface area contributed by atoms with Crippen molar-refractivity contribution in [3.05, 3.63) is 0 Å². The average Bonchev–Trinajstić information content (AvgIpc) is 1.89. The van der Waals surface area contributed by atoms with Crippen LogP contribution < -0.4 is 11.5 Å². The number of halogens is 2. The largest absolute Gasteiger partial charge is 0.352 e. The molecule has 0 unspecified atom stereocenters.